The van der Waals surface area contributed by atoms with Crippen LogP contribution in [0, 0.1) is 11.3 Å². The smallest absolute Gasteiger partial charge is 0.241 e. The topological polar surface area (TPSA) is 90.3 Å². The molecular weight excluding hydrogens is 422 g/mol. The highest BCUT2D eigenvalue weighted by atomic mass is 32.2. The van der Waals surface area contributed by atoms with Gasteiger partial charge in [-0.1, -0.05) is 50.5 Å². The van der Waals surface area contributed by atoms with Crippen LogP contribution in [0.2, 0.25) is 0 Å². The molecule has 0 heterocycles. The molecule has 0 aromatic heterocycles. The van der Waals surface area contributed by atoms with Gasteiger partial charge in [-0.3, -0.25) is 4.79 Å². The summed E-state index contributed by atoms with van der Waals surface area (Å²) in [5.74, 6) is -0.229. The Kier molecular flexibility index (Phi) is 8.05. The number of benzene rings is 2. The van der Waals surface area contributed by atoms with Gasteiger partial charge in [-0.25, -0.2) is 8.42 Å². The molecule has 0 saturated heterocycles. The van der Waals surface area contributed by atoms with E-state index in [0.29, 0.717) is 5.56 Å². The molecule has 1 amide bonds. The number of likely N-dealkylation sites (N-methyl/N-ethyl adjacent to an activating group) is 1. The third-order valence-electron chi connectivity index (χ3n) is 6.11. The van der Waals surface area contributed by atoms with Crippen LogP contribution in [-0.2, 0) is 27.7 Å². The summed E-state index contributed by atoms with van der Waals surface area (Å²) in [7, 11) is -2.11. The van der Waals surface area contributed by atoms with Crippen LogP contribution < -0.4 is 4.72 Å². The van der Waals surface area contributed by atoms with Crippen LogP contribution in [0.1, 0.15) is 55.7 Å². The Hall–Kier alpha value is -2.69. The monoisotopic (exact) mass is 453 g/mol. The van der Waals surface area contributed by atoms with Crippen LogP contribution in [0.15, 0.2) is 53.4 Å². The highest BCUT2D eigenvalue weighted by Crippen LogP contribution is 2.24. The first-order valence-electron chi connectivity index (χ1n) is 11.2. The summed E-state index contributed by atoms with van der Waals surface area (Å²) in [5.41, 5.74) is 2.40. The zero-order chi connectivity index (χ0) is 23.1. The molecule has 0 radical (unpaired) electrons. The summed E-state index contributed by atoms with van der Waals surface area (Å²) < 4.78 is 28.9. The van der Waals surface area contributed by atoms with Crippen LogP contribution in [0.25, 0.3) is 0 Å². The van der Waals surface area contributed by atoms with Crippen molar-refractivity contribution < 1.29 is 13.2 Å². The van der Waals surface area contributed by atoms with Crippen molar-refractivity contribution in [3.8, 4) is 6.07 Å². The van der Waals surface area contributed by atoms with E-state index in [4.69, 9.17) is 5.26 Å². The van der Waals surface area contributed by atoms with Crippen LogP contribution in [0.4, 0.5) is 0 Å². The van der Waals surface area contributed by atoms with E-state index >= 15 is 0 Å². The summed E-state index contributed by atoms with van der Waals surface area (Å²) in [4.78, 5) is 15.2. The van der Waals surface area contributed by atoms with Crippen LogP contribution >= 0.6 is 0 Å². The number of nitriles is 1. The molecule has 0 bridgehead atoms. The minimum Gasteiger partial charge on any atom is -0.341 e. The predicted molar refractivity (Wildman–Crippen MR) is 124 cm³/mol. The molecule has 7 heteroatoms. The zero-order valence-electron chi connectivity index (χ0n) is 18.8. The standard InChI is InChI=1S/C25H31N3O3S/c1-3-6-19-13-15-23(16-14-19)32(30,31)27-24(17-20-9-11-21(18-26)12-10-20)25(29)28(2)22-7-4-5-8-22/h9-16,22,24,27H,3-8,17H2,1-2H3. The van der Waals surface area contributed by atoms with Gasteiger partial charge in [0.2, 0.25) is 15.9 Å². The van der Waals surface area contributed by atoms with Crippen molar-refractivity contribution in [1.82, 2.24) is 9.62 Å². The molecule has 3 rings (SSSR count). The lowest BCUT2D eigenvalue weighted by Gasteiger charge is -2.29. The number of nitrogens with zero attached hydrogens (tertiary/aromatic N) is 2. The number of rotatable bonds is 9. The maximum absolute atomic E-state index is 13.4. The van der Waals surface area contributed by atoms with Gasteiger partial charge in [-0.2, -0.15) is 9.98 Å². The van der Waals surface area contributed by atoms with E-state index in [0.717, 1.165) is 49.7 Å². The number of carbonyl (C=O) groups excluding carboxylic acids is 1. The first kappa shape index (κ1) is 24.0. The molecule has 1 saturated carbocycles. The van der Waals surface area contributed by atoms with Gasteiger partial charge in [0.25, 0.3) is 0 Å². The number of hydrogen-bond donors (Lipinski definition) is 1. The molecule has 6 nitrogen and oxygen atoms in total. The molecular formula is C25H31N3O3S. The number of nitrogens with one attached hydrogen (secondary N) is 1. The van der Waals surface area contributed by atoms with Crippen molar-refractivity contribution in [1.29, 1.82) is 5.26 Å². The first-order valence-corrected chi connectivity index (χ1v) is 12.7. The van der Waals surface area contributed by atoms with E-state index in [1.807, 2.05) is 12.1 Å². The Labute approximate surface area is 191 Å². The summed E-state index contributed by atoms with van der Waals surface area (Å²) in [6, 6.07) is 15.0. The SMILES string of the molecule is CCCc1ccc(S(=O)(=O)NC(Cc2ccc(C#N)cc2)C(=O)N(C)C2CCCC2)cc1. The van der Waals surface area contributed by atoms with Gasteiger partial charge < -0.3 is 4.90 Å². The predicted octanol–water partition coefficient (Wildman–Crippen LogP) is 3.80. The maximum atomic E-state index is 13.4. The minimum absolute atomic E-state index is 0.142. The Morgan fingerprint density at radius 3 is 2.25 bits per heavy atom. The number of sulfonamides is 1. The Morgan fingerprint density at radius 2 is 1.69 bits per heavy atom. The minimum atomic E-state index is -3.88. The molecule has 2 aromatic rings. The molecule has 1 aliphatic carbocycles. The Balaban J connectivity index is 1.84. The average molecular weight is 454 g/mol. The van der Waals surface area contributed by atoms with Gasteiger partial charge in [0.1, 0.15) is 6.04 Å². The molecule has 32 heavy (non-hydrogen) atoms. The molecule has 0 aliphatic heterocycles. The molecule has 2 aromatic carbocycles. The summed E-state index contributed by atoms with van der Waals surface area (Å²) in [6.45, 7) is 2.08. The molecule has 1 fully saturated rings. The number of amides is 1. The van der Waals surface area contributed by atoms with Gasteiger partial charge in [0.15, 0.2) is 0 Å². The van der Waals surface area contributed by atoms with Crippen molar-refractivity contribution >= 4 is 15.9 Å². The highest BCUT2D eigenvalue weighted by Gasteiger charge is 2.32. The van der Waals surface area contributed by atoms with Gasteiger partial charge >= 0.3 is 0 Å². The van der Waals surface area contributed by atoms with Crippen molar-refractivity contribution in [2.45, 2.75) is 68.8 Å². The summed E-state index contributed by atoms with van der Waals surface area (Å²) >= 11 is 0. The zero-order valence-corrected chi connectivity index (χ0v) is 19.6. The van der Waals surface area contributed by atoms with E-state index < -0.39 is 16.1 Å². The summed E-state index contributed by atoms with van der Waals surface area (Å²) in [6.07, 6.45) is 6.14. The maximum Gasteiger partial charge on any atom is 0.241 e. The molecule has 1 unspecified atom stereocenters. The number of aryl methyl sites for hydroxylation is 1. The molecule has 170 valence electrons. The van der Waals surface area contributed by atoms with Gasteiger partial charge in [0.05, 0.1) is 16.5 Å². The second-order valence-electron chi connectivity index (χ2n) is 8.47. The second kappa shape index (κ2) is 10.8. The van der Waals surface area contributed by atoms with E-state index in [-0.39, 0.29) is 23.3 Å². The molecule has 1 atom stereocenters. The molecule has 1 N–H and O–H groups in total. The van der Waals surface area contributed by atoms with Crippen molar-refractivity contribution in [2.24, 2.45) is 0 Å². The van der Waals surface area contributed by atoms with Gasteiger partial charge in [0, 0.05) is 13.1 Å². The fourth-order valence-corrected chi connectivity index (χ4v) is 5.42. The van der Waals surface area contributed by atoms with E-state index in [1.54, 1.807) is 48.3 Å². The quantitative estimate of drug-likeness (QED) is 0.625. The highest BCUT2D eigenvalue weighted by molar-refractivity contribution is 7.89. The lowest BCUT2D eigenvalue weighted by atomic mass is 10.0. The average Bonchev–Trinajstić information content (AvgIpc) is 3.33. The largest absolute Gasteiger partial charge is 0.341 e. The van der Waals surface area contributed by atoms with E-state index in [9.17, 15) is 13.2 Å². The van der Waals surface area contributed by atoms with Crippen LogP contribution in [-0.4, -0.2) is 38.4 Å². The normalized spacial score (nSPS) is 15.3. The Bertz CT molecular complexity index is 1050. The third-order valence-corrected chi connectivity index (χ3v) is 7.60. The first-order chi connectivity index (χ1) is 15.3. The van der Waals surface area contributed by atoms with Crippen LogP contribution in [0.3, 0.4) is 0 Å². The van der Waals surface area contributed by atoms with Gasteiger partial charge in [-0.15, -0.1) is 0 Å². The summed E-state index contributed by atoms with van der Waals surface area (Å²) in [5, 5.41) is 9.02. The second-order valence-corrected chi connectivity index (χ2v) is 10.2. The third kappa shape index (κ3) is 5.96. The van der Waals surface area contributed by atoms with Crippen molar-refractivity contribution in [3.05, 3.63) is 65.2 Å². The lowest BCUT2D eigenvalue weighted by molar-refractivity contribution is -0.133. The van der Waals surface area contributed by atoms with Crippen molar-refractivity contribution in [3.63, 3.8) is 0 Å². The molecule has 1 aliphatic rings. The van der Waals surface area contributed by atoms with Crippen LogP contribution in [0.5, 0.6) is 0 Å². The fraction of sp³-hybridized carbons (Fsp3) is 0.440. The molecule has 0 spiro atoms. The van der Waals surface area contributed by atoms with Gasteiger partial charge in [-0.05, 0) is 61.1 Å². The number of hydrogen-bond acceptors (Lipinski definition) is 4. The van der Waals surface area contributed by atoms with E-state index in [1.165, 1.54) is 0 Å². The lowest BCUT2D eigenvalue weighted by Crippen LogP contribution is -2.50. The Morgan fingerprint density at radius 1 is 1.09 bits per heavy atom. The number of carbonyl (C=O) groups is 1. The van der Waals surface area contributed by atoms with E-state index in [2.05, 4.69) is 17.7 Å². The van der Waals surface area contributed by atoms with Crippen molar-refractivity contribution in [2.75, 3.05) is 7.05 Å². The fourth-order valence-electron chi connectivity index (χ4n) is 4.23.